The van der Waals surface area contributed by atoms with Crippen molar-refractivity contribution in [2.24, 2.45) is 5.92 Å². The van der Waals surface area contributed by atoms with Crippen molar-refractivity contribution in [1.29, 1.82) is 0 Å². The number of ether oxygens (including phenoxy) is 1. The van der Waals surface area contributed by atoms with E-state index in [4.69, 9.17) is 4.74 Å². The molecule has 1 aliphatic rings. The number of fused-ring (bicyclic) bond motifs is 1. The van der Waals surface area contributed by atoms with Crippen molar-refractivity contribution in [2.45, 2.75) is 25.8 Å². The highest BCUT2D eigenvalue weighted by Gasteiger charge is 2.14. The molecule has 0 radical (unpaired) electrons. The van der Waals surface area contributed by atoms with E-state index in [9.17, 15) is 4.79 Å². The van der Waals surface area contributed by atoms with Crippen LogP contribution >= 0.6 is 0 Å². The Morgan fingerprint density at radius 2 is 2.37 bits per heavy atom. The van der Waals surface area contributed by atoms with Gasteiger partial charge in [-0.15, -0.1) is 0 Å². The summed E-state index contributed by atoms with van der Waals surface area (Å²) in [5, 5.41) is 0.588. The van der Waals surface area contributed by atoms with Gasteiger partial charge < -0.3 is 4.74 Å². The van der Waals surface area contributed by atoms with Crippen molar-refractivity contribution in [1.82, 2.24) is 14.5 Å². The molecular weight excluding hydrogens is 242 g/mol. The van der Waals surface area contributed by atoms with E-state index >= 15 is 0 Å². The van der Waals surface area contributed by atoms with Crippen molar-refractivity contribution >= 4 is 11.0 Å². The summed E-state index contributed by atoms with van der Waals surface area (Å²) in [6.45, 7) is 2.39. The van der Waals surface area contributed by atoms with Gasteiger partial charge in [0.2, 0.25) is 0 Å². The third-order valence-corrected chi connectivity index (χ3v) is 3.63. The smallest absolute Gasteiger partial charge is 0.262 e. The molecule has 0 aromatic carbocycles. The van der Waals surface area contributed by atoms with Crippen LogP contribution in [0.1, 0.15) is 19.3 Å². The Morgan fingerprint density at radius 3 is 3.21 bits per heavy atom. The second kappa shape index (κ2) is 5.48. The number of aromatic nitrogens is 3. The number of pyridine rings is 1. The van der Waals surface area contributed by atoms with E-state index in [2.05, 4.69) is 9.97 Å². The summed E-state index contributed by atoms with van der Waals surface area (Å²) in [4.78, 5) is 20.6. The monoisotopic (exact) mass is 259 g/mol. The molecule has 5 nitrogen and oxygen atoms in total. The SMILES string of the molecule is O=c1c2cccnc2ncn1CC[C@H]1CCCOC1. The van der Waals surface area contributed by atoms with Gasteiger partial charge in [-0.3, -0.25) is 9.36 Å². The van der Waals surface area contributed by atoms with Gasteiger partial charge in [-0.25, -0.2) is 9.97 Å². The fourth-order valence-corrected chi connectivity index (χ4v) is 2.51. The highest BCUT2D eigenvalue weighted by molar-refractivity contribution is 5.72. The van der Waals surface area contributed by atoms with E-state index in [0.29, 0.717) is 23.5 Å². The van der Waals surface area contributed by atoms with Gasteiger partial charge in [0.05, 0.1) is 11.7 Å². The molecule has 19 heavy (non-hydrogen) atoms. The summed E-state index contributed by atoms with van der Waals surface area (Å²) in [5.74, 6) is 0.560. The molecule has 3 heterocycles. The van der Waals surface area contributed by atoms with Crippen LogP contribution in [-0.4, -0.2) is 27.7 Å². The molecule has 5 heteroatoms. The maximum absolute atomic E-state index is 12.3. The lowest BCUT2D eigenvalue weighted by atomic mass is 9.99. The molecule has 100 valence electrons. The minimum atomic E-state index is -0.00479. The topological polar surface area (TPSA) is 57.0 Å². The van der Waals surface area contributed by atoms with E-state index in [0.717, 1.165) is 26.1 Å². The summed E-state index contributed by atoms with van der Waals surface area (Å²) in [6.07, 6.45) is 6.53. The molecule has 0 saturated carbocycles. The molecule has 3 rings (SSSR count). The van der Waals surface area contributed by atoms with Gasteiger partial charge in [-0.1, -0.05) is 0 Å². The molecule has 0 bridgehead atoms. The van der Waals surface area contributed by atoms with Crippen molar-refractivity contribution in [3.63, 3.8) is 0 Å². The first kappa shape index (κ1) is 12.3. The first-order valence-corrected chi connectivity index (χ1v) is 6.72. The summed E-state index contributed by atoms with van der Waals surface area (Å²) >= 11 is 0. The van der Waals surface area contributed by atoms with E-state index < -0.39 is 0 Å². The normalized spacial score (nSPS) is 19.7. The Hall–Kier alpha value is -1.75. The van der Waals surface area contributed by atoms with Crippen LogP contribution in [0.3, 0.4) is 0 Å². The highest BCUT2D eigenvalue weighted by atomic mass is 16.5. The molecule has 0 aliphatic carbocycles. The van der Waals surface area contributed by atoms with Crippen molar-refractivity contribution in [2.75, 3.05) is 13.2 Å². The van der Waals surface area contributed by atoms with E-state index in [-0.39, 0.29) is 5.56 Å². The Kier molecular flexibility index (Phi) is 3.55. The minimum absolute atomic E-state index is 0.00479. The van der Waals surface area contributed by atoms with Crippen LogP contribution in [0.25, 0.3) is 11.0 Å². The third kappa shape index (κ3) is 2.66. The second-order valence-corrected chi connectivity index (χ2v) is 4.99. The predicted molar refractivity (Wildman–Crippen MR) is 72.0 cm³/mol. The number of nitrogens with zero attached hydrogens (tertiary/aromatic N) is 3. The van der Waals surface area contributed by atoms with Gasteiger partial charge in [0.1, 0.15) is 0 Å². The molecule has 1 saturated heterocycles. The van der Waals surface area contributed by atoms with Crippen LogP contribution < -0.4 is 5.56 Å². The van der Waals surface area contributed by atoms with Gasteiger partial charge in [-0.2, -0.15) is 0 Å². The fraction of sp³-hybridized carbons (Fsp3) is 0.500. The Morgan fingerprint density at radius 1 is 1.42 bits per heavy atom. The molecule has 2 aromatic heterocycles. The molecule has 0 spiro atoms. The van der Waals surface area contributed by atoms with Gasteiger partial charge in [0, 0.05) is 26.0 Å². The number of hydrogen-bond acceptors (Lipinski definition) is 4. The van der Waals surface area contributed by atoms with E-state index in [1.54, 1.807) is 29.2 Å². The fourth-order valence-electron chi connectivity index (χ4n) is 2.51. The summed E-state index contributed by atoms with van der Waals surface area (Å²) in [5.41, 5.74) is 0.513. The van der Waals surface area contributed by atoms with Crippen molar-refractivity contribution in [3.05, 3.63) is 35.0 Å². The first-order valence-electron chi connectivity index (χ1n) is 6.72. The first-order chi connectivity index (χ1) is 9.34. The average molecular weight is 259 g/mol. The van der Waals surface area contributed by atoms with Crippen molar-refractivity contribution < 1.29 is 4.74 Å². The Balaban J connectivity index is 1.77. The largest absolute Gasteiger partial charge is 0.381 e. The summed E-state index contributed by atoms with van der Waals surface area (Å²) in [7, 11) is 0. The zero-order valence-corrected chi connectivity index (χ0v) is 10.8. The van der Waals surface area contributed by atoms with Gasteiger partial charge in [0.25, 0.3) is 5.56 Å². The standard InChI is InChI=1S/C14H17N3O2/c18-14-12-4-1-6-15-13(12)16-10-17(14)7-5-11-3-2-8-19-9-11/h1,4,6,10-11H,2-3,5,7-9H2/t11-/m1/s1. The second-order valence-electron chi connectivity index (χ2n) is 4.99. The van der Waals surface area contributed by atoms with E-state index in [1.165, 1.54) is 6.42 Å². The quantitative estimate of drug-likeness (QED) is 0.840. The van der Waals surface area contributed by atoms with Crippen LogP contribution in [0.15, 0.2) is 29.5 Å². The van der Waals surface area contributed by atoms with Gasteiger partial charge in [-0.05, 0) is 37.3 Å². The zero-order chi connectivity index (χ0) is 13.1. The number of rotatable bonds is 3. The molecule has 1 fully saturated rings. The van der Waals surface area contributed by atoms with Crippen molar-refractivity contribution in [3.8, 4) is 0 Å². The van der Waals surface area contributed by atoms with Crippen LogP contribution in [0.4, 0.5) is 0 Å². The lowest BCUT2D eigenvalue weighted by Gasteiger charge is -2.22. The lowest BCUT2D eigenvalue weighted by molar-refractivity contribution is 0.0499. The summed E-state index contributed by atoms with van der Waals surface area (Å²) in [6, 6.07) is 3.54. The molecule has 1 atom stereocenters. The average Bonchev–Trinajstić information content (AvgIpc) is 2.48. The van der Waals surface area contributed by atoms with Gasteiger partial charge in [0.15, 0.2) is 5.65 Å². The maximum Gasteiger partial charge on any atom is 0.262 e. The van der Waals surface area contributed by atoms with E-state index in [1.807, 2.05) is 0 Å². The van der Waals surface area contributed by atoms with Crippen LogP contribution in [0.5, 0.6) is 0 Å². The molecule has 2 aromatic rings. The van der Waals surface area contributed by atoms with Crippen LogP contribution in [0.2, 0.25) is 0 Å². The number of aryl methyl sites for hydroxylation is 1. The lowest BCUT2D eigenvalue weighted by Crippen LogP contribution is -2.24. The molecule has 0 unspecified atom stereocenters. The highest BCUT2D eigenvalue weighted by Crippen LogP contribution is 2.17. The van der Waals surface area contributed by atoms with Crippen LogP contribution in [0, 0.1) is 5.92 Å². The zero-order valence-electron chi connectivity index (χ0n) is 10.8. The summed E-state index contributed by atoms with van der Waals surface area (Å²) < 4.78 is 7.14. The molecule has 0 amide bonds. The van der Waals surface area contributed by atoms with Crippen LogP contribution in [-0.2, 0) is 11.3 Å². The molecule has 1 aliphatic heterocycles. The number of hydrogen-bond donors (Lipinski definition) is 0. The molecular formula is C14H17N3O2. The Bertz CT molecular complexity index is 617. The predicted octanol–water partition coefficient (Wildman–Crippen LogP) is 1.61. The third-order valence-electron chi connectivity index (χ3n) is 3.63. The van der Waals surface area contributed by atoms with Gasteiger partial charge >= 0.3 is 0 Å². The maximum atomic E-state index is 12.3. The minimum Gasteiger partial charge on any atom is -0.381 e. The Labute approximate surface area is 111 Å². The molecule has 0 N–H and O–H groups in total.